The number of anilines is 2. The molecule has 206 valence electrons. The lowest BCUT2D eigenvalue weighted by Gasteiger charge is -2.26. The van der Waals surface area contributed by atoms with Crippen molar-refractivity contribution in [3.05, 3.63) is 82.5 Å². The van der Waals surface area contributed by atoms with Gasteiger partial charge in [-0.25, -0.2) is 9.37 Å². The number of rotatable bonds is 7. The smallest absolute Gasteiger partial charge is 0.281 e. The second-order valence-electron chi connectivity index (χ2n) is 8.95. The average molecular weight is 576 g/mol. The molecule has 3 N–H and O–H groups in total. The van der Waals surface area contributed by atoms with E-state index in [2.05, 4.69) is 25.9 Å². The Morgan fingerprint density at radius 1 is 1.08 bits per heavy atom. The van der Waals surface area contributed by atoms with Crippen molar-refractivity contribution in [1.29, 1.82) is 0 Å². The van der Waals surface area contributed by atoms with Gasteiger partial charge in [0.2, 0.25) is 0 Å². The van der Waals surface area contributed by atoms with Gasteiger partial charge in [-0.3, -0.25) is 14.6 Å². The van der Waals surface area contributed by atoms with E-state index >= 15 is 0 Å². The minimum atomic E-state index is -3.58. The Kier molecular flexibility index (Phi) is 8.87. The second-order valence-corrected chi connectivity index (χ2v) is 11.5. The maximum Gasteiger partial charge on any atom is 0.281 e. The van der Waals surface area contributed by atoms with Crippen LogP contribution in [0.15, 0.2) is 54.9 Å². The molecule has 0 bridgehead atoms. The van der Waals surface area contributed by atoms with E-state index in [1.165, 1.54) is 59.4 Å². The van der Waals surface area contributed by atoms with Crippen molar-refractivity contribution >= 4 is 45.1 Å². The maximum atomic E-state index is 14.0. The highest BCUT2D eigenvalue weighted by Gasteiger charge is 2.29. The van der Waals surface area contributed by atoms with E-state index in [0.29, 0.717) is 30.1 Å². The molecule has 1 aliphatic heterocycles. The fourth-order valence-electron chi connectivity index (χ4n) is 3.93. The number of nitrogens with one attached hydrogen (secondary N) is 3. The average Bonchev–Trinajstić information content (AvgIpc) is 3.18. The Labute approximate surface area is 230 Å². The van der Waals surface area contributed by atoms with Crippen LogP contribution in [0.2, 0.25) is 5.02 Å². The summed E-state index contributed by atoms with van der Waals surface area (Å²) in [6, 6.07) is 9.30. The number of hydrogen-bond acceptors (Lipinski definition) is 7. The van der Waals surface area contributed by atoms with Crippen LogP contribution >= 0.6 is 11.6 Å². The zero-order valence-electron chi connectivity index (χ0n) is 21.2. The number of carbonyl (C=O) groups excluding carboxylic acids is 2. The van der Waals surface area contributed by atoms with Crippen molar-refractivity contribution in [3.8, 4) is 0 Å². The molecule has 0 spiro atoms. The lowest BCUT2D eigenvalue weighted by atomic mass is 10.1. The molecular weight excluding hydrogens is 549 g/mol. The molecule has 2 amide bonds. The SMILES string of the molecule is CN(C)S(=O)(=O)N1CCCNC(c2ccc(C(=O)Nc3ccc(F)cc3C(=O)Nc3ccc(Cl)cn3)nc2)C1. The number of amides is 2. The lowest BCUT2D eigenvalue weighted by molar-refractivity contribution is 0.102. The molecule has 1 fully saturated rings. The van der Waals surface area contributed by atoms with Gasteiger partial charge in [0.15, 0.2) is 0 Å². The number of halogens is 2. The van der Waals surface area contributed by atoms with Crippen molar-refractivity contribution < 1.29 is 22.4 Å². The van der Waals surface area contributed by atoms with E-state index in [1.54, 1.807) is 6.07 Å². The van der Waals surface area contributed by atoms with Gasteiger partial charge in [-0.2, -0.15) is 17.0 Å². The summed E-state index contributed by atoms with van der Waals surface area (Å²) < 4.78 is 41.8. The molecule has 4 rings (SSSR count). The molecule has 1 aromatic carbocycles. The minimum Gasteiger partial charge on any atom is -0.320 e. The summed E-state index contributed by atoms with van der Waals surface area (Å²) in [4.78, 5) is 34.0. The highest BCUT2D eigenvalue weighted by molar-refractivity contribution is 7.86. The van der Waals surface area contributed by atoms with Crippen LogP contribution in [0.1, 0.15) is 38.9 Å². The van der Waals surface area contributed by atoms with Crippen LogP contribution in [-0.2, 0) is 10.2 Å². The summed E-state index contributed by atoms with van der Waals surface area (Å²) in [5.74, 6) is -1.75. The molecule has 0 aliphatic carbocycles. The third-order valence-electron chi connectivity index (χ3n) is 6.01. The van der Waals surface area contributed by atoms with Crippen molar-refractivity contribution in [2.24, 2.45) is 0 Å². The van der Waals surface area contributed by atoms with Gasteiger partial charge < -0.3 is 16.0 Å². The molecule has 11 nitrogen and oxygen atoms in total. The number of aromatic nitrogens is 2. The van der Waals surface area contributed by atoms with Crippen LogP contribution in [0.4, 0.5) is 15.9 Å². The summed E-state index contributed by atoms with van der Waals surface area (Å²) in [6.45, 7) is 1.22. The zero-order valence-corrected chi connectivity index (χ0v) is 22.8. The van der Waals surface area contributed by atoms with Crippen LogP contribution in [0.25, 0.3) is 0 Å². The van der Waals surface area contributed by atoms with Gasteiger partial charge in [0.1, 0.15) is 17.3 Å². The molecule has 2 aromatic heterocycles. The van der Waals surface area contributed by atoms with Crippen LogP contribution in [0.3, 0.4) is 0 Å². The van der Waals surface area contributed by atoms with E-state index in [0.717, 1.165) is 12.1 Å². The van der Waals surface area contributed by atoms with Crippen LogP contribution < -0.4 is 16.0 Å². The monoisotopic (exact) mass is 575 g/mol. The van der Waals surface area contributed by atoms with E-state index in [1.807, 2.05) is 0 Å². The van der Waals surface area contributed by atoms with Gasteiger partial charge in [0.25, 0.3) is 22.0 Å². The molecule has 3 aromatic rings. The minimum absolute atomic E-state index is 0.0557. The fourth-order valence-corrected chi connectivity index (χ4v) is 5.20. The molecule has 1 atom stereocenters. The lowest BCUT2D eigenvalue weighted by Crippen LogP contribution is -2.42. The predicted octanol–water partition coefficient (Wildman–Crippen LogP) is 2.92. The number of nitrogens with zero attached hydrogens (tertiary/aromatic N) is 4. The third kappa shape index (κ3) is 6.94. The highest BCUT2D eigenvalue weighted by atomic mass is 35.5. The van der Waals surface area contributed by atoms with Crippen LogP contribution in [0, 0.1) is 5.82 Å². The predicted molar refractivity (Wildman–Crippen MR) is 145 cm³/mol. The summed E-state index contributed by atoms with van der Waals surface area (Å²) in [7, 11) is -0.607. The molecule has 3 heterocycles. The van der Waals surface area contributed by atoms with Crippen LogP contribution in [-0.4, -0.2) is 72.5 Å². The standard InChI is InChI=1S/C25H27ClFN7O4S/c1-33(2)39(37,38)34-11-3-10-28-22(15-34)16-4-7-21(29-13-16)25(36)31-20-8-6-18(27)12-19(20)24(35)32-23-9-5-17(26)14-30-23/h4-9,12-14,22,28H,3,10-11,15H2,1-2H3,(H,31,36)(H,30,32,35). The van der Waals surface area contributed by atoms with Crippen molar-refractivity contribution in [2.75, 3.05) is 44.4 Å². The fraction of sp³-hybridized carbons (Fsp3) is 0.280. The molecule has 0 saturated carbocycles. The summed E-state index contributed by atoms with van der Waals surface area (Å²) >= 11 is 5.81. The second kappa shape index (κ2) is 12.1. The summed E-state index contributed by atoms with van der Waals surface area (Å²) in [5.41, 5.74) is 0.736. The Bertz CT molecular complexity index is 1450. The summed E-state index contributed by atoms with van der Waals surface area (Å²) in [5, 5.41) is 8.84. The third-order valence-corrected chi connectivity index (χ3v) is 8.14. The molecule has 1 saturated heterocycles. The quantitative estimate of drug-likeness (QED) is 0.394. The Balaban J connectivity index is 1.48. The van der Waals surface area contributed by atoms with Crippen molar-refractivity contribution in [1.82, 2.24) is 23.9 Å². The van der Waals surface area contributed by atoms with Gasteiger partial charge in [-0.1, -0.05) is 17.7 Å². The van der Waals surface area contributed by atoms with Crippen molar-refractivity contribution in [3.63, 3.8) is 0 Å². The van der Waals surface area contributed by atoms with Gasteiger partial charge >= 0.3 is 0 Å². The Morgan fingerprint density at radius 3 is 2.54 bits per heavy atom. The van der Waals surface area contributed by atoms with Gasteiger partial charge in [0.05, 0.1) is 16.3 Å². The first-order valence-corrected chi connectivity index (χ1v) is 13.7. The first-order chi connectivity index (χ1) is 18.5. The number of pyridine rings is 2. The Hall–Kier alpha value is -3.49. The number of hydrogen-bond donors (Lipinski definition) is 3. The molecule has 1 aliphatic rings. The summed E-state index contributed by atoms with van der Waals surface area (Å²) in [6.07, 6.45) is 3.51. The van der Waals surface area contributed by atoms with Crippen LogP contribution in [0.5, 0.6) is 0 Å². The maximum absolute atomic E-state index is 14.0. The topological polar surface area (TPSA) is 137 Å². The van der Waals surface area contributed by atoms with Gasteiger partial charge in [-0.05, 0) is 54.9 Å². The number of carbonyl (C=O) groups is 2. The molecular formula is C25H27ClFN7O4S. The molecule has 39 heavy (non-hydrogen) atoms. The normalized spacial score (nSPS) is 16.5. The van der Waals surface area contributed by atoms with Crippen molar-refractivity contribution in [2.45, 2.75) is 12.5 Å². The largest absolute Gasteiger partial charge is 0.320 e. The zero-order chi connectivity index (χ0) is 28.2. The van der Waals surface area contributed by atoms with E-state index < -0.39 is 27.8 Å². The van der Waals surface area contributed by atoms with E-state index in [4.69, 9.17) is 11.6 Å². The van der Waals surface area contributed by atoms with Gasteiger partial charge in [-0.15, -0.1) is 0 Å². The first-order valence-electron chi connectivity index (χ1n) is 12.0. The molecule has 0 radical (unpaired) electrons. The number of benzene rings is 1. The van der Waals surface area contributed by atoms with Gasteiger partial charge in [0, 0.05) is 45.6 Å². The van der Waals surface area contributed by atoms with E-state index in [9.17, 15) is 22.4 Å². The molecule has 14 heteroatoms. The first kappa shape index (κ1) is 28.5. The highest BCUT2D eigenvalue weighted by Crippen LogP contribution is 2.22. The van der Waals surface area contributed by atoms with E-state index in [-0.39, 0.29) is 35.3 Å². The Morgan fingerprint density at radius 2 is 1.87 bits per heavy atom. The molecule has 1 unspecified atom stereocenters.